The van der Waals surface area contributed by atoms with Gasteiger partial charge in [0.1, 0.15) is 12.2 Å². The summed E-state index contributed by atoms with van der Waals surface area (Å²) in [4.78, 5) is 0. The number of aliphatic hydroxyl groups is 1. The van der Waals surface area contributed by atoms with E-state index in [9.17, 15) is 0 Å². The molecule has 5 rings (SSSR count). The van der Waals surface area contributed by atoms with Crippen molar-refractivity contribution in [2.24, 2.45) is 34.5 Å². The molecule has 5 aliphatic rings. The van der Waals surface area contributed by atoms with Gasteiger partial charge in [-0.05, 0) is 118 Å². The van der Waals surface area contributed by atoms with Gasteiger partial charge >= 0.3 is 0 Å². The molecule has 0 spiro atoms. The summed E-state index contributed by atoms with van der Waals surface area (Å²) in [5.74, 6) is 3.22. The molecule has 3 saturated carbocycles. The molecule has 1 heterocycles. The van der Waals surface area contributed by atoms with Crippen LogP contribution in [0.15, 0.2) is 35.5 Å². The Bertz CT molecular complexity index is 925. The van der Waals surface area contributed by atoms with Gasteiger partial charge in [0.05, 0.1) is 12.7 Å². The molecule has 5 heteroatoms. The Morgan fingerprint density at radius 1 is 1.08 bits per heavy atom. The fourth-order valence-corrected chi connectivity index (χ4v) is 9.63. The van der Waals surface area contributed by atoms with Crippen molar-refractivity contribution in [2.45, 2.75) is 116 Å². The fourth-order valence-electron chi connectivity index (χ4n) is 9.63. The lowest BCUT2D eigenvalue weighted by Crippen LogP contribution is -2.51. The highest BCUT2D eigenvalue weighted by molar-refractivity contribution is 5.26. The molecule has 220 valence electrons. The maximum Gasteiger partial charge on any atom is 0.177 e. The van der Waals surface area contributed by atoms with E-state index in [2.05, 4.69) is 39.0 Å². The monoisotopic (exact) mass is 542 g/mol. The zero-order valence-corrected chi connectivity index (χ0v) is 25.2. The molecule has 1 unspecified atom stereocenters. The molecule has 39 heavy (non-hydrogen) atoms. The number of unbranched alkanes of at least 4 members (excludes halogenated alkanes) is 2. The molecular formula is C34H54O5. The van der Waals surface area contributed by atoms with Gasteiger partial charge in [-0.3, -0.25) is 0 Å². The van der Waals surface area contributed by atoms with E-state index < -0.39 is 0 Å². The molecule has 0 aromatic carbocycles. The van der Waals surface area contributed by atoms with Crippen molar-refractivity contribution in [2.75, 3.05) is 27.4 Å². The van der Waals surface area contributed by atoms with Crippen LogP contribution in [-0.2, 0) is 18.9 Å². The van der Waals surface area contributed by atoms with Gasteiger partial charge in [-0.1, -0.05) is 43.2 Å². The average Bonchev–Trinajstić information content (AvgIpc) is 3.29. The van der Waals surface area contributed by atoms with Crippen molar-refractivity contribution >= 4 is 0 Å². The number of hydrogen-bond donors (Lipinski definition) is 1. The minimum atomic E-state index is -0.325. The van der Waals surface area contributed by atoms with Crippen molar-refractivity contribution in [3.05, 3.63) is 35.5 Å². The van der Waals surface area contributed by atoms with E-state index in [1.54, 1.807) is 25.4 Å². The lowest BCUT2D eigenvalue weighted by Gasteiger charge is -2.58. The Hall–Kier alpha value is -0.980. The average molecular weight is 543 g/mol. The van der Waals surface area contributed by atoms with Crippen LogP contribution in [0.2, 0.25) is 0 Å². The summed E-state index contributed by atoms with van der Waals surface area (Å²) in [7, 11) is 3.42. The third-order valence-electron chi connectivity index (χ3n) is 11.7. The third kappa shape index (κ3) is 5.73. The lowest BCUT2D eigenvalue weighted by molar-refractivity contribution is -0.208. The first kappa shape index (κ1) is 29.5. The van der Waals surface area contributed by atoms with Crippen molar-refractivity contribution in [3.63, 3.8) is 0 Å². The first-order chi connectivity index (χ1) is 18.8. The molecule has 0 aromatic heterocycles. The molecule has 5 nitrogen and oxygen atoms in total. The highest BCUT2D eigenvalue weighted by atomic mass is 16.7. The van der Waals surface area contributed by atoms with Crippen LogP contribution >= 0.6 is 0 Å². The van der Waals surface area contributed by atoms with Crippen LogP contribution in [0.3, 0.4) is 0 Å². The Balaban J connectivity index is 1.23. The molecule has 0 aromatic rings. The van der Waals surface area contributed by atoms with E-state index in [1.807, 2.05) is 6.08 Å². The first-order valence-corrected chi connectivity index (χ1v) is 15.8. The van der Waals surface area contributed by atoms with Gasteiger partial charge in [-0.25, -0.2) is 0 Å². The van der Waals surface area contributed by atoms with Gasteiger partial charge in [-0.15, -0.1) is 0 Å². The zero-order chi connectivity index (χ0) is 27.6. The van der Waals surface area contributed by atoms with Gasteiger partial charge in [-0.2, -0.15) is 0 Å². The number of rotatable bonds is 10. The van der Waals surface area contributed by atoms with Crippen LogP contribution in [0.25, 0.3) is 0 Å². The van der Waals surface area contributed by atoms with Gasteiger partial charge in [0.2, 0.25) is 0 Å². The number of fused-ring (bicyclic) bond motifs is 5. The minimum absolute atomic E-state index is 0.0878. The lowest BCUT2D eigenvalue weighted by atomic mass is 9.47. The summed E-state index contributed by atoms with van der Waals surface area (Å²) >= 11 is 0. The highest BCUT2D eigenvalue weighted by Gasteiger charge is 2.58. The number of ether oxygens (including phenoxy) is 4. The minimum Gasteiger partial charge on any atom is -0.396 e. The number of aliphatic hydroxyl groups excluding tert-OH is 1. The fraction of sp³-hybridized carbons (Fsp3) is 0.824. The van der Waals surface area contributed by atoms with Crippen LogP contribution in [-0.4, -0.2) is 57.1 Å². The molecular weight excluding hydrogens is 488 g/mol. The molecule has 4 aliphatic carbocycles. The van der Waals surface area contributed by atoms with E-state index in [0.717, 1.165) is 55.8 Å². The van der Waals surface area contributed by atoms with E-state index in [-0.39, 0.29) is 24.6 Å². The third-order valence-corrected chi connectivity index (χ3v) is 11.7. The van der Waals surface area contributed by atoms with Crippen LogP contribution in [0.1, 0.15) is 91.4 Å². The quantitative estimate of drug-likeness (QED) is 0.238. The summed E-state index contributed by atoms with van der Waals surface area (Å²) in [5.41, 5.74) is 4.04. The second-order valence-corrected chi connectivity index (χ2v) is 13.7. The molecule has 3 fully saturated rings. The zero-order valence-electron chi connectivity index (χ0n) is 25.2. The largest absolute Gasteiger partial charge is 0.396 e. The Kier molecular flexibility index (Phi) is 9.45. The topological polar surface area (TPSA) is 57.2 Å². The van der Waals surface area contributed by atoms with E-state index >= 15 is 0 Å². The van der Waals surface area contributed by atoms with Gasteiger partial charge < -0.3 is 24.1 Å². The normalized spacial score (nSPS) is 43.9. The second kappa shape index (κ2) is 12.5. The standard InChI is InChI=1S/C34H54O5/c1-23(9-7-6-8-20-35)27-12-13-28-26-11-10-24-21-25(16-18-33(24,2)29(26)17-19-34(27,28)3)38-32-15-14-30(37-5)31(39-32)22-36-4/h9-10,14-15,25-32,35H,6-8,11-13,16-22H2,1-5H3/b23-9+/t25-,26-,27+,28-,29-,30-,31+,32?,33-,34+/m0/s1. The Morgan fingerprint density at radius 2 is 1.92 bits per heavy atom. The summed E-state index contributed by atoms with van der Waals surface area (Å²) in [6, 6.07) is 0. The molecule has 10 atom stereocenters. The predicted molar refractivity (Wildman–Crippen MR) is 155 cm³/mol. The molecule has 1 aliphatic heterocycles. The summed E-state index contributed by atoms with van der Waals surface area (Å²) in [6.45, 7) is 8.42. The smallest absolute Gasteiger partial charge is 0.177 e. The van der Waals surface area contributed by atoms with Crippen molar-refractivity contribution in [3.8, 4) is 0 Å². The summed E-state index contributed by atoms with van der Waals surface area (Å²) in [6.07, 6.45) is 22.1. The van der Waals surface area contributed by atoms with Crippen LogP contribution in [0.4, 0.5) is 0 Å². The van der Waals surface area contributed by atoms with Crippen LogP contribution < -0.4 is 0 Å². The van der Waals surface area contributed by atoms with E-state index in [0.29, 0.717) is 24.0 Å². The number of hydrogen-bond acceptors (Lipinski definition) is 5. The van der Waals surface area contributed by atoms with Crippen molar-refractivity contribution in [1.82, 2.24) is 0 Å². The molecule has 1 N–H and O–H groups in total. The summed E-state index contributed by atoms with van der Waals surface area (Å²) in [5, 5.41) is 9.14. The van der Waals surface area contributed by atoms with Crippen LogP contribution in [0, 0.1) is 34.5 Å². The Morgan fingerprint density at radius 3 is 2.69 bits per heavy atom. The molecule has 0 radical (unpaired) electrons. The highest BCUT2D eigenvalue weighted by Crippen LogP contribution is 2.67. The molecule has 0 bridgehead atoms. The first-order valence-electron chi connectivity index (χ1n) is 15.8. The maximum atomic E-state index is 9.14. The maximum absolute atomic E-state index is 9.14. The Labute approximate surface area is 237 Å². The number of methoxy groups -OCH3 is 2. The van der Waals surface area contributed by atoms with Gasteiger partial charge in [0, 0.05) is 20.8 Å². The van der Waals surface area contributed by atoms with Gasteiger partial charge in [0.25, 0.3) is 0 Å². The van der Waals surface area contributed by atoms with E-state index in [4.69, 9.17) is 24.1 Å². The van der Waals surface area contributed by atoms with Gasteiger partial charge in [0.15, 0.2) is 6.29 Å². The van der Waals surface area contributed by atoms with E-state index in [1.165, 1.54) is 38.5 Å². The second-order valence-electron chi connectivity index (χ2n) is 13.7. The van der Waals surface area contributed by atoms with Crippen molar-refractivity contribution < 1.29 is 24.1 Å². The predicted octanol–water partition coefficient (Wildman–Crippen LogP) is 7.00. The number of allylic oxidation sites excluding steroid dienone is 3. The summed E-state index contributed by atoms with van der Waals surface area (Å²) < 4.78 is 23.6. The molecule has 0 saturated heterocycles. The van der Waals surface area contributed by atoms with Crippen LogP contribution in [0.5, 0.6) is 0 Å². The van der Waals surface area contributed by atoms with Crippen molar-refractivity contribution in [1.29, 1.82) is 0 Å². The SMILES string of the molecule is COC[C@H]1OC(O[C@H]2CC[C@@]3(C)C(=CC[C@H]4[C@@H]5CC[C@H](/C(C)=C/CCCCO)[C@@]5(C)CC[C@@H]43)C2)C=C[C@@H]1OC. The molecule has 0 amide bonds.